The Morgan fingerprint density at radius 2 is 1.83 bits per heavy atom. The molecule has 0 saturated heterocycles. The minimum Gasteiger partial charge on any atom is -0.106 e. The van der Waals surface area contributed by atoms with Gasteiger partial charge in [-0.1, -0.05) is 42.0 Å². The predicted octanol–water partition coefficient (Wildman–Crippen LogP) is 3.83. The summed E-state index contributed by atoms with van der Waals surface area (Å²) < 4.78 is 0. The summed E-state index contributed by atoms with van der Waals surface area (Å²) in [6.07, 6.45) is 0. The Kier molecular flexibility index (Phi) is 4.78. The fourth-order valence-corrected chi connectivity index (χ4v) is 0.911. The number of rotatable bonds is 1. The van der Waals surface area contributed by atoms with Gasteiger partial charge in [-0.05, 0) is 19.4 Å². The average Bonchev–Trinajstić information content (AvgIpc) is 2.08. The van der Waals surface area contributed by atoms with Crippen LogP contribution in [0.3, 0.4) is 0 Å². The monoisotopic (exact) mass is 160 g/mol. The second kappa shape index (κ2) is 5.36. The van der Waals surface area contributed by atoms with Gasteiger partial charge in [-0.3, -0.25) is 0 Å². The van der Waals surface area contributed by atoms with Crippen molar-refractivity contribution < 1.29 is 0 Å². The third kappa shape index (κ3) is 3.20. The highest BCUT2D eigenvalue weighted by Gasteiger charge is 1.90. The van der Waals surface area contributed by atoms with Gasteiger partial charge in [0.2, 0.25) is 0 Å². The standard InChI is InChI=1S/C10H12.C2H4/c1-8(2)10-6-4-5-9(3)7-10;1-2/h4-7H,1H2,2-3H3;1-2H2. The molecular weight excluding hydrogens is 144 g/mol. The molecule has 64 valence electrons. The third-order valence-electron chi connectivity index (χ3n) is 1.51. The van der Waals surface area contributed by atoms with Crippen LogP contribution in [-0.2, 0) is 0 Å². The molecule has 1 rings (SSSR count). The van der Waals surface area contributed by atoms with Crippen molar-refractivity contribution in [1.29, 1.82) is 0 Å². The minimum atomic E-state index is 1.13. The van der Waals surface area contributed by atoms with Gasteiger partial charge in [-0.15, -0.1) is 13.2 Å². The topological polar surface area (TPSA) is 0 Å². The molecule has 0 bridgehead atoms. The lowest BCUT2D eigenvalue weighted by Gasteiger charge is -1.98. The normalized spacial score (nSPS) is 8.17. The summed E-state index contributed by atoms with van der Waals surface area (Å²) in [5.74, 6) is 0. The van der Waals surface area contributed by atoms with E-state index < -0.39 is 0 Å². The molecule has 0 atom stereocenters. The maximum Gasteiger partial charge on any atom is -0.0231 e. The third-order valence-corrected chi connectivity index (χ3v) is 1.51. The summed E-state index contributed by atoms with van der Waals surface area (Å²) in [6, 6.07) is 8.36. The Bertz CT molecular complexity index is 258. The quantitative estimate of drug-likeness (QED) is 0.548. The van der Waals surface area contributed by atoms with Crippen LogP contribution in [0.2, 0.25) is 0 Å². The summed E-state index contributed by atoms with van der Waals surface area (Å²) in [6.45, 7) is 14.0. The molecule has 0 unspecified atom stereocenters. The lowest BCUT2D eigenvalue weighted by molar-refractivity contribution is 1.44. The Morgan fingerprint density at radius 1 is 1.25 bits per heavy atom. The van der Waals surface area contributed by atoms with E-state index in [0.717, 1.165) is 5.57 Å². The van der Waals surface area contributed by atoms with Gasteiger partial charge in [0.1, 0.15) is 0 Å². The Balaban J connectivity index is 0.000000561. The van der Waals surface area contributed by atoms with Gasteiger partial charge in [-0.2, -0.15) is 0 Å². The number of allylic oxidation sites excluding steroid dienone is 1. The first-order valence-electron chi connectivity index (χ1n) is 3.92. The summed E-state index contributed by atoms with van der Waals surface area (Å²) in [7, 11) is 0. The van der Waals surface area contributed by atoms with Crippen molar-refractivity contribution in [3.63, 3.8) is 0 Å². The van der Waals surface area contributed by atoms with Crippen LogP contribution < -0.4 is 0 Å². The fourth-order valence-electron chi connectivity index (χ4n) is 0.911. The summed E-state index contributed by atoms with van der Waals surface area (Å²) >= 11 is 0. The molecule has 0 nitrogen and oxygen atoms in total. The van der Waals surface area contributed by atoms with E-state index in [-0.39, 0.29) is 0 Å². The van der Waals surface area contributed by atoms with Crippen LogP contribution in [0.1, 0.15) is 18.1 Å². The molecule has 0 fully saturated rings. The van der Waals surface area contributed by atoms with Crippen LogP contribution >= 0.6 is 0 Å². The van der Waals surface area contributed by atoms with Crippen molar-refractivity contribution in [2.75, 3.05) is 0 Å². The van der Waals surface area contributed by atoms with E-state index >= 15 is 0 Å². The largest absolute Gasteiger partial charge is 0.106 e. The van der Waals surface area contributed by atoms with Gasteiger partial charge in [0.05, 0.1) is 0 Å². The molecule has 0 aliphatic carbocycles. The van der Waals surface area contributed by atoms with Crippen LogP contribution in [0.15, 0.2) is 44.0 Å². The molecule has 0 amide bonds. The zero-order valence-corrected chi connectivity index (χ0v) is 7.93. The highest BCUT2D eigenvalue weighted by atomic mass is 14.0. The van der Waals surface area contributed by atoms with Crippen molar-refractivity contribution in [3.05, 3.63) is 55.1 Å². The van der Waals surface area contributed by atoms with E-state index in [2.05, 4.69) is 50.9 Å². The molecule has 0 aliphatic heterocycles. The van der Waals surface area contributed by atoms with Gasteiger partial charge in [0.25, 0.3) is 0 Å². The van der Waals surface area contributed by atoms with Crippen LogP contribution in [0.4, 0.5) is 0 Å². The van der Waals surface area contributed by atoms with Crippen molar-refractivity contribution in [1.82, 2.24) is 0 Å². The number of hydrogen-bond donors (Lipinski definition) is 0. The molecule has 0 heterocycles. The molecule has 1 aromatic carbocycles. The van der Waals surface area contributed by atoms with E-state index in [4.69, 9.17) is 0 Å². The van der Waals surface area contributed by atoms with Crippen LogP contribution in [0, 0.1) is 6.92 Å². The van der Waals surface area contributed by atoms with Crippen molar-refractivity contribution in [2.45, 2.75) is 13.8 Å². The van der Waals surface area contributed by atoms with Crippen molar-refractivity contribution in [2.24, 2.45) is 0 Å². The van der Waals surface area contributed by atoms with Gasteiger partial charge in [0, 0.05) is 0 Å². The van der Waals surface area contributed by atoms with E-state index in [9.17, 15) is 0 Å². The van der Waals surface area contributed by atoms with Gasteiger partial charge in [-0.25, -0.2) is 0 Å². The first-order valence-corrected chi connectivity index (χ1v) is 3.92. The minimum absolute atomic E-state index is 1.13. The first kappa shape index (κ1) is 10.7. The predicted molar refractivity (Wildman–Crippen MR) is 57.1 cm³/mol. The number of hydrogen-bond acceptors (Lipinski definition) is 0. The summed E-state index contributed by atoms with van der Waals surface area (Å²) in [5, 5.41) is 0. The second-order valence-corrected chi connectivity index (χ2v) is 2.65. The van der Waals surface area contributed by atoms with E-state index in [0.29, 0.717) is 0 Å². The molecule has 0 N–H and O–H groups in total. The molecule has 12 heavy (non-hydrogen) atoms. The van der Waals surface area contributed by atoms with Crippen LogP contribution in [0.5, 0.6) is 0 Å². The molecule has 1 aromatic rings. The highest BCUT2D eigenvalue weighted by molar-refractivity contribution is 5.61. The van der Waals surface area contributed by atoms with Crippen LogP contribution in [-0.4, -0.2) is 0 Å². The SMILES string of the molecule is C=C.C=C(C)c1cccc(C)c1. The smallest absolute Gasteiger partial charge is 0.0231 e. The van der Waals surface area contributed by atoms with E-state index in [1.807, 2.05) is 6.92 Å². The summed E-state index contributed by atoms with van der Waals surface area (Å²) in [4.78, 5) is 0. The van der Waals surface area contributed by atoms with Gasteiger partial charge in [0.15, 0.2) is 0 Å². The highest BCUT2D eigenvalue weighted by Crippen LogP contribution is 2.11. The Labute approximate surface area is 75.2 Å². The molecule has 0 aromatic heterocycles. The first-order chi connectivity index (χ1) is 5.70. The molecule has 0 aliphatic rings. The molecular formula is C12H16. The maximum absolute atomic E-state index is 3.87. The van der Waals surface area contributed by atoms with Crippen molar-refractivity contribution >= 4 is 5.57 Å². The Morgan fingerprint density at radius 3 is 2.17 bits per heavy atom. The molecule has 0 heteroatoms. The molecule has 0 radical (unpaired) electrons. The lowest BCUT2D eigenvalue weighted by atomic mass is 10.1. The number of benzene rings is 1. The average molecular weight is 160 g/mol. The van der Waals surface area contributed by atoms with Gasteiger partial charge < -0.3 is 0 Å². The van der Waals surface area contributed by atoms with Crippen LogP contribution in [0.25, 0.3) is 5.57 Å². The van der Waals surface area contributed by atoms with E-state index in [1.165, 1.54) is 11.1 Å². The second-order valence-electron chi connectivity index (χ2n) is 2.65. The number of aryl methyl sites for hydroxylation is 1. The van der Waals surface area contributed by atoms with Gasteiger partial charge >= 0.3 is 0 Å². The fraction of sp³-hybridized carbons (Fsp3) is 0.167. The molecule has 0 saturated carbocycles. The lowest BCUT2D eigenvalue weighted by Crippen LogP contribution is -1.77. The Hall–Kier alpha value is -1.30. The zero-order chi connectivity index (χ0) is 9.56. The summed E-state index contributed by atoms with van der Waals surface area (Å²) in [5.41, 5.74) is 3.66. The maximum atomic E-state index is 3.87. The zero-order valence-electron chi connectivity index (χ0n) is 7.93. The molecule has 0 spiro atoms. The van der Waals surface area contributed by atoms with Crippen molar-refractivity contribution in [3.8, 4) is 0 Å². The van der Waals surface area contributed by atoms with E-state index in [1.54, 1.807) is 0 Å².